The molecular formula is C36H53N9O12. The van der Waals surface area contributed by atoms with Crippen molar-refractivity contribution in [3.63, 3.8) is 0 Å². The third-order valence-electron chi connectivity index (χ3n) is 8.85. The Hall–Kier alpha value is -5.93. The smallest absolute Gasteiger partial charge is 0.328 e. The number of H-pyrrole nitrogens is 1. The fraction of sp³-hybridized carbons (Fsp3) is 0.528. The maximum Gasteiger partial charge on any atom is 0.328 e. The van der Waals surface area contributed by atoms with E-state index in [1.807, 2.05) is 5.32 Å². The zero-order chi connectivity index (χ0) is 43.0. The van der Waals surface area contributed by atoms with Crippen LogP contribution in [-0.2, 0) is 51.2 Å². The minimum absolute atomic E-state index is 0.126. The number of imidazole rings is 1. The number of hydrogen-bond acceptors (Lipinski definition) is 12. The van der Waals surface area contributed by atoms with Gasteiger partial charge in [0.25, 0.3) is 0 Å². The summed E-state index contributed by atoms with van der Waals surface area (Å²) in [4.78, 5) is 110. The first kappa shape index (κ1) is 47.2. The van der Waals surface area contributed by atoms with Gasteiger partial charge in [-0.3, -0.25) is 33.6 Å². The summed E-state index contributed by atoms with van der Waals surface area (Å²) in [7, 11) is 0. The number of carbonyl (C=O) groups excluding carboxylic acids is 6. The molecule has 314 valence electrons. The van der Waals surface area contributed by atoms with Gasteiger partial charge in [-0.2, -0.15) is 0 Å². The Kier molecular flexibility index (Phi) is 18.7. The molecule has 21 nitrogen and oxygen atoms in total. The molecule has 13 N–H and O–H groups in total. The SMILES string of the molecule is CC[C@H](C)[C@H](NC(=O)[C@H](Cc1ccccc1)NC(=O)[C@H](Cc1cnc[nH]1)NC(=O)[C@@H](NC(=O)[C@H](C)N)[C@@H](C)O)C(=O)N[C@@H](CC(=O)O)C(=O)N[C@H](C(=O)O)[C@@H](C)O. The van der Waals surface area contributed by atoms with E-state index in [9.17, 15) is 58.8 Å². The molecule has 0 saturated carbocycles. The van der Waals surface area contributed by atoms with Crippen LogP contribution in [-0.4, -0.2) is 132 Å². The van der Waals surface area contributed by atoms with Gasteiger partial charge in [-0.15, -0.1) is 0 Å². The number of amides is 6. The summed E-state index contributed by atoms with van der Waals surface area (Å²) in [5, 5.41) is 53.2. The van der Waals surface area contributed by atoms with Crippen molar-refractivity contribution in [2.45, 2.75) is 115 Å². The molecule has 2 rings (SSSR count). The lowest BCUT2D eigenvalue weighted by molar-refractivity contribution is -0.146. The lowest BCUT2D eigenvalue weighted by atomic mass is 9.96. The van der Waals surface area contributed by atoms with Crippen LogP contribution in [0.1, 0.15) is 58.7 Å². The second-order valence-corrected chi connectivity index (χ2v) is 13.7. The molecule has 1 heterocycles. The highest BCUT2D eigenvalue weighted by Gasteiger charge is 2.37. The van der Waals surface area contributed by atoms with E-state index in [2.05, 4.69) is 36.6 Å². The second-order valence-electron chi connectivity index (χ2n) is 13.7. The van der Waals surface area contributed by atoms with Crippen molar-refractivity contribution in [3.05, 3.63) is 54.1 Å². The van der Waals surface area contributed by atoms with Crippen LogP contribution in [0.3, 0.4) is 0 Å². The van der Waals surface area contributed by atoms with Crippen LogP contribution >= 0.6 is 0 Å². The van der Waals surface area contributed by atoms with Crippen LogP contribution in [0, 0.1) is 5.92 Å². The minimum atomic E-state index is -1.83. The summed E-state index contributed by atoms with van der Waals surface area (Å²) in [6, 6.07) is -1.99. The average molecular weight is 804 g/mol. The molecule has 0 bridgehead atoms. The van der Waals surface area contributed by atoms with Gasteiger partial charge < -0.3 is 63.0 Å². The van der Waals surface area contributed by atoms with E-state index in [-0.39, 0.29) is 19.3 Å². The molecule has 0 aliphatic carbocycles. The van der Waals surface area contributed by atoms with Crippen LogP contribution < -0.4 is 37.6 Å². The number of aliphatic carboxylic acids is 2. The van der Waals surface area contributed by atoms with Crippen LogP contribution in [0.5, 0.6) is 0 Å². The quantitative estimate of drug-likeness (QED) is 0.0527. The fourth-order valence-electron chi connectivity index (χ4n) is 5.35. The molecule has 0 saturated heterocycles. The molecule has 1 aromatic carbocycles. The summed E-state index contributed by atoms with van der Waals surface area (Å²) in [5.41, 5.74) is 6.58. The maximum absolute atomic E-state index is 14.1. The van der Waals surface area contributed by atoms with E-state index in [0.717, 1.165) is 6.92 Å². The lowest BCUT2D eigenvalue weighted by Crippen LogP contribution is -2.62. The van der Waals surface area contributed by atoms with Gasteiger partial charge in [0.15, 0.2) is 6.04 Å². The molecule has 1 aromatic heterocycles. The van der Waals surface area contributed by atoms with Gasteiger partial charge in [0.2, 0.25) is 35.4 Å². The largest absolute Gasteiger partial charge is 0.481 e. The average Bonchev–Trinajstić information content (AvgIpc) is 3.66. The highest BCUT2D eigenvalue weighted by Crippen LogP contribution is 2.12. The normalized spacial score (nSPS) is 16.4. The Morgan fingerprint density at radius 2 is 1.16 bits per heavy atom. The van der Waals surface area contributed by atoms with Gasteiger partial charge in [0.05, 0.1) is 31.0 Å². The van der Waals surface area contributed by atoms with Gasteiger partial charge in [0, 0.05) is 24.7 Å². The number of aromatic nitrogens is 2. The summed E-state index contributed by atoms with van der Waals surface area (Å²) >= 11 is 0. The van der Waals surface area contributed by atoms with Crippen molar-refractivity contribution in [3.8, 4) is 0 Å². The number of aromatic amines is 1. The Morgan fingerprint density at radius 1 is 0.667 bits per heavy atom. The van der Waals surface area contributed by atoms with Crippen LogP contribution in [0.2, 0.25) is 0 Å². The number of aliphatic hydroxyl groups is 2. The standard InChI is InChI=1S/C36H53N9O12/c1-6-17(2)27(34(54)42-25(14-26(48)49)33(53)45-29(20(5)47)36(56)57)43-32(52)23(12-21-10-8-7-9-11-21)40-31(51)24(13-22-15-38-16-39-22)41-35(55)28(19(4)46)44-30(50)18(3)37/h7-11,15-20,23-25,27-29,46-47H,6,12-14,37H2,1-5H3,(H,38,39)(H,40,51)(H,41,55)(H,42,54)(H,43,52)(H,44,50)(H,45,53)(H,48,49)(H,56,57)/t17-,18-,19+,20+,23-,24-,25-,27-,28-,29-/m0/s1. The number of benzene rings is 1. The van der Waals surface area contributed by atoms with Crippen molar-refractivity contribution >= 4 is 47.4 Å². The predicted octanol–water partition coefficient (Wildman–Crippen LogP) is -3.18. The van der Waals surface area contributed by atoms with Gasteiger partial charge in [-0.25, -0.2) is 9.78 Å². The van der Waals surface area contributed by atoms with E-state index < -0.39 is 114 Å². The molecule has 10 atom stereocenters. The van der Waals surface area contributed by atoms with Gasteiger partial charge in [-0.05, 0) is 32.3 Å². The van der Waals surface area contributed by atoms with E-state index in [1.54, 1.807) is 44.2 Å². The molecule has 6 amide bonds. The summed E-state index contributed by atoms with van der Waals surface area (Å²) < 4.78 is 0. The second kappa shape index (κ2) is 22.6. The molecule has 57 heavy (non-hydrogen) atoms. The molecule has 0 aliphatic rings. The third-order valence-corrected chi connectivity index (χ3v) is 8.85. The van der Waals surface area contributed by atoms with Crippen LogP contribution in [0.15, 0.2) is 42.9 Å². The highest BCUT2D eigenvalue weighted by atomic mass is 16.4. The summed E-state index contributed by atoms with van der Waals surface area (Å²) in [5.74, 6) is -9.47. The van der Waals surface area contributed by atoms with Crippen molar-refractivity contribution < 1.29 is 58.8 Å². The highest BCUT2D eigenvalue weighted by molar-refractivity contribution is 5.98. The number of nitrogens with two attached hydrogens (primary N) is 1. The number of nitrogens with one attached hydrogen (secondary N) is 7. The zero-order valence-corrected chi connectivity index (χ0v) is 32.2. The van der Waals surface area contributed by atoms with E-state index in [1.165, 1.54) is 26.4 Å². The topological polar surface area (TPSA) is 344 Å². The van der Waals surface area contributed by atoms with Gasteiger partial charge in [-0.1, -0.05) is 50.6 Å². The lowest BCUT2D eigenvalue weighted by Gasteiger charge is -2.29. The Balaban J connectivity index is 2.45. The van der Waals surface area contributed by atoms with E-state index >= 15 is 0 Å². The number of hydrogen-bond donors (Lipinski definition) is 12. The summed E-state index contributed by atoms with van der Waals surface area (Å²) in [6.45, 7) is 7.00. The van der Waals surface area contributed by atoms with E-state index in [0.29, 0.717) is 11.3 Å². The Bertz CT molecular complexity index is 1690. The van der Waals surface area contributed by atoms with Crippen LogP contribution in [0.4, 0.5) is 0 Å². The van der Waals surface area contributed by atoms with E-state index in [4.69, 9.17) is 5.73 Å². The Labute approximate surface area is 328 Å². The number of aliphatic hydroxyl groups excluding tert-OH is 2. The summed E-state index contributed by atoms with van der Waals surface area (Å²) in [6.07, 6.45) is -1.27. The molecule has 0 fully saturated rings. The molecule has 21 heteroatoms. The third kappa shape index (κ3) is 15.3. The van der Waals surface area contributed by atoms with Gasteiger partial charge in [0.1, 0.15) is 30.2 Å². The predicted molar refractivity (Wildman–Crippen MR) is 200 cm³/mol. The Morgan fingerprint density at radius 3 is 1.67 bits per heavy atom. The molecule has 0 spiro atoms. The number of rotatable bonds is 23. The molecular weight excluding hydrogens is 750 g/mol. The molecule has 0 aliphatic heterocycles. The first-order valence-corrected chi connectivity index (χ1v) is 18.1. The zero-order valence-electron chi connectivity index (χ0n) is 32.2. The number of carbonyl (C=O) groups is 8. The van der Waals surface area contributed by atoms with Crippen molar-refractivity contribution in [1.29, 1.82) is 0 Å². The fourth-order valence-corrected chi connectivity index (χ4v) is 5.35. The van der Waals surface area contributed by atoms with Crippen molar-refractivity contribution in [2.24, 2.45) is 11.7 Å². The molecule has 0 radical (unpaired) electrons. The minimum Gasteiger partial charge on any atom is -0.481 e. The first-order valence-electron chi connectivity index (χ1n) is 18.1. The van der Waals surface area contributed by atoms with Crippen LogP contribution in [0.25, 0.3) is 0 Å². The number of nitrogens with zero attached hydrogens (tertiary/aromatic N) is 1. The first-order chi connectivity index (χ1) is 26.7. The van der Waals surface area contributed by atoms with Crippen molar-refractivity contribution in [1.82, 2.24) is 41.9 Å². The monoisotopic (exact) mass is 803 g/mol. The molecule has 2 aromatic rings. The number of carboxylic acids is 2. The van der Waals surface area contributed by atoms with Crippen molar-refractivity contribution in [2.75, 3.05) is 0 Å². The maximum atomic E-state index is 14.1. The van der Waals surface area contributed by atoms with Gasteiger partial charge >= 0.3 is 11.9 Å². The molecule has 0 unspecified atom stereocenters. The number of carboxylic acid groups (broad SMARTS) is 2.